The number of rotatable bonds is 13. The lowest BCUT2D eigenvalue weighted by atomic mass is 9.82. The van der Waals surface area contributed by atoms with E-state index in [2.05, 4.69) is 38.2 Å². The lowest BCUT2D eigenvalue weighted by Gasteiger charge is -2.27. The fourth-order valence-corrected chi connectivity index (χ4v) is 6.82. The second-order valence-corrected chi connectivity index (χ2v) is 11.9. The molecule has 9 heteroatoms. The van der Waals surface area contributed by atoms with E-state index < -0.39 is 23.8 Å². The van der Waals surface area contributed by atoms with Crippen LogP contribution in [-0.4, -0.2) is 62.6 Å². The van der Waals surface area contributed by atoms with E-state index >= 15 is 0 Å². The second-order valence-electron chi connectivity index (χ2n) is 11.9. The molecule has 240 valence electrons. The van der Waals surface area contributed by atoms with Crippen LogP contribution in [0.15, 0.2) is 48.5 Å². The number of benzene rings is 3. The molecule has 1 amide bonds. The van der Waals surface area contributed by atoms with Crippen molar-refractivity contribution in [2.45, 2.75) is 58.4 Å². The van der Waals surface area contributed by atoms with E-state index in [4.69, 9.17) is 18.9 Å². The summed E-state index contributed by atoms with van der Waals surface area (Å²) in [5.41, 5.74) is 7.00. The van der Waals surface area contributed by atoms with Crippen LogP contribution in [0, 0.1) is 12.8 Å². The zero-order chi connectivity index (χ0) is 32.1. The summed E-state index contributed by atoms with van der Waals surface area (Å²) in [4.78, 5) is 28.9. The smallest absolute Gasteiger partial charge is 0.309 e. The van der Waals surface area contributed by atoms with E-state index in [0.717, 1.165) is 59.2 Å². The van der Waals surface area contributed by atoms with Crippen molar-refractivity contribution in [3.8, 4) is 17.2 Å². The molecule has 3 aromatic rings. The van der Waals surface area contributed by atoms with E-state index in [1.165, 1.54) is 5.56 Å². The number of carboxylic acid groups (broad SMARTS) is 1. The normalized spacial score (nSPS) is 19.1. The number of hydrogen-bond acceptors (Lipinski definition) is 7. The number of carbonyl (C=O) groups is 2. The lowest BCUT2D eigenvalue weighted by Crippen LogP contribution is -2.35. The highest BCUT2D eigenvalue weighted by Gasteiger charge is 2.48. The van der Waals surface area contributed by atoms with Gasteiger partial charge in [-0.15, -0.1) is 0 Å². The number of hydrogen-bond donors (Lipinski definition) is 2. The third-order valence-corrected chi connectivity index (χ3v) is 8.95. The van der Waals surface area contributed by atoms with E-state index in [9.17, 15) is 14.7 Å². The predicted octanol–water partition coefficient (Wildman–Crippen LogP) is 5.92. The number of methoxy groups -OCH3 is 2. The Morgan fingerprint density at radius 3 is 2.33 bits per heavy atom. The van der Waals surface area contributed by atoms with Crippen LogP contribution in [0.3, 0.4) is 0 Å². The van der Waals surface area contributed by atoms with E-state index in [1.807, 2.05) is 41.3 Å². The maximum Gasteiger partial charge on any atom is 0.309 e. The van der Waals surface area contributed by atoms with Gasteiger partial charge in [0.05, 0.1) is 19.6 Å². The summed E-state index contributed by atoms with van der Waals surface area (Å²) in [5, 5.41) is 13.9. The summed E-state index contributed by atoms with van der Waals surface area (Å²) >= 11 is 0. The summed E-state index contributed by atoms with van der Waals surface area (Å²) in [7, 11) is 3.25. The molecule has 2 aliphatic rings. The van der Waals surface area contributed by atoms with Gasteiger partial charge in [-0.25, -0.2) is 0 Å². The zero-order valence-corrected chi connectivity index (χ0v) is 26.9. The van der Waals surface area contributed by atoms with Crippen LogP contribution in [0.2, 0.25) is 0 Å². The minimum atomic E-state index is -0.922. The van der Waals surface area contributed by atoms with Crippen molar-refractivity contribution in [3.05, 3.63) is 81.9 Å². The minimum Gasteiger partial charge on any atom is -0.493 e. The molecule has 3 aromatic carbocycles. The first-order valence-corrected chi connectivity index (χ1v) is 15.7. The van der Waals surface area contributed by atoms with Crippen LogP contribution in [-0.2, 0) is 33.6 Å². The Morgan fingerprint density at radius 2 is 1.71 bits per heavy atom. The Kier molecular flexibility index (Phi) is 10.3. The van der Waals surface area contributed by atoms with Crippen molar-refractivity contribution in [2.75, 3.05) is 46.0 Å². The number of amides is 1. The summed E-state index contributed by atoms with van der Waals surface area (Å²) in [5.74, 6) is -0.803. The Morgan fingerprint density at radius 1 is 1.00 bits per heavy atom. The molecule has 1 saturated heterocycles. The molecule has 1 fully saturated rings. The Balaban J connectivity index is 1.50. The monoisotopic (exact) mass is 616 g/mol. The molecule has 5 rings (SSSR count). The molecule has 0 bridgehead atoms. The number of nitrogens with one attached hydrogen (secondary N) is 1. The molecule has 2 heterocycles. The Hall–Kier alpha value is -4.08. The van der Waals surface area contributed by atoms with Gasteiger partial charge in [0, 0.05) is 37.9 Å². The molecule has 0 spiro atoms. The number of ether oxygens (including phenoxy) is 4. The quantitative estimate of drug-likeness (QED) is 0.228. The number of aliphatic carboxylic acids is 1. The first-order valence-electron chi connectivity index (χ1n) is 15.7. The van der Waals surface area contributed by atoms with Crippen LogP contribution < -0.4 is 19.5 Å². The van der Waals surface area contributed by atoms with Gasteiger partial charge in [0.25, 0.3) is 0 Å². The van der Waals surface area contributed by atoms with Gasteiger partial charge < -0.3 is 29.4 Å². The standard InChI is InChI=1S/C36H44N2O7/c1-6-24-15-22(3)16-25(7-2)33(24)37-31(39)20-38-19-28(27-17-29(43-5)35-30(18-27)44-21-45-35)32(36(40)41)34(38)26-12-10-23(11-13-26)9-8-14-42-4/h10-13,15-18,28,32,34H,6-9,14,19-21H2,1-5H3,(H,37,39)(H,40,41)/t28-,32?,34+/m1/s1. The van der Waals surface area contributed by atoms with Gasteiger partial charge in [0.15, 0.2) is 11.5 Å². The van der Waals surface area contributed by atoms with Crippen molar-refractivity contribution in [1.29, 1.82) is 0 Å². The fraction of sp³-hybridized carbons (Fsp3) is 0.444. The second kappa shape index (κ2) is 14.3. The molecule has 9 nitrogen and oxygen atoms in total. The first-order chi connectivity index (χ1) is 21.8. The predicted molar refractivity (Wildman–Crippen MR) is 173 cm³/mol. The maximum absolute atomic E-state index is 13.8. The van der Waals surface area contributed by atoms with Gasteiger partial charge in [-0.05, 0) is 72.6 Å². The number of carbonyl (C=O) groups excluding carboxylic acids is 1. The Bertz CT molecular complexity index is 1500. The van der Waals surface area contributed by atoms with Gasteiger partial charge in [-0.3, -0.25) is 14.5 Å². The van der Waals surface area contributed by atoms with Crippen molar-refractivity contribution in [1.82, 2.24) is 4.90 Å². The first kappa shape index (κ1) is 32.3. The third-order valence-electron chi connectivity index (χ3n) is 8.95. The SMILES string of the molecule is CCc1cc(C)cc(CC)c1NC(=O)CN1C[C@H](c2cc(OC)c3c(c2)OCO3)C(C(=O)O)[C@@H]1c1ccc(CCCOC)cc1. The molecule has 1 unspecified atom stereocenters. The van der Waals surface area contributed by atoms with Crippen LogP contribution in [0.4, 0.5) is 5.69 Å². The molecule has 2 N–H and O–H groups in total. The van der Waals surface area contributed by atoms with E-state index in [-0.39, 0.29) is 19.2 Å². The van der Waals surface area contributed by atoms with E-state index in [1.54, 1.807) is 14.2 Å². The molecular weight excluding hydrogens is 572 g/mol. The summed E-state index contributed by atoms with van der Waals surface area (Å²) in [6.07, 6.45) is 3.35. The summed E-state index contributed by atoms with van der Waals surface area (Å²) < 4.78 is 22.1. The molecule has 0 aliphatic carbocycles. The third kappa shape index (κ3) is 6.94. The maximum atomic E-state index is 13.8. The Labute approximate surface area is 265 Å². The van der Waals surface area contributed by atoms with Gasteiger partial charge in [-0.1, -0.05) is 55.8 Å². The summed E-state index contributed by atoms with van der Waals surface area (Å²) in [6, 6.07) is 15.5. The average molecular weight is 617 g/mol. The van der Waals surface area contributed by atoms with Crippen molar-refractivity contribution < 1.29 is 33.6 Å². The zero-order valence-electron chi connectivity index (χ0n) is 26.9. The highest BCUT2D eigenvalue weighted by atomic mass is 16.7. The molecule has 45 heavy (non-hydrogen) atoms. The van der Waals surface area contributed by atoms with Gasteiger partial charge >= 0.3 is 5.97 Å². The largest absolute Gasteiger partial charge is 0.493 e. The van der Waals surface area contributed by atoms with Gasteiger partial charge in [-0.2, -0.15) is 0 Å². The molecule has 2 aliphatic heterocycles. The van der Waals surface area contributed by atoms with Crippen LogP contribution in [0.25, 0.3) is 0 Å². The number of nitrogens with zero attached hydrogens (tertiary/aromatic N) is 1. The topological polar surface area (TPSA) is 107 Å². The number of aryl methyl sites for hydroxylation is 4. The van der Waals surface area contributed by atoms with Crippen molar-refractivity contribution >= 4 is 17.6 Å². The summed E-state index contributed by atoms with van der Waals surface area (Å²) in [6.45, 7) is 7.40. The fourth-order valence-electron chi connectivity index (χ4n) is 6.82. The van der Waals surface area contributed by atoms with Gasteiger partial charge in [0.1, 0.15) is 0 Å². The number of likely N-dealkylation sites (tertiary alicyclic amines) is 1. The van der Waals surface area contributed by atoms with Crippen LogP contribution >= 0.6 is 0 Å². The van der Waals surface area contributed by atoms with Crippen LogP contribution in [0.1, 0.15) is 65.6 Å². The molecule has 0 saturated carbocycles. The number of anilines is 1. The van der Waals surface area contributed by atoms with Gasteiger partial charge in [0.2, 0.25) is 18.4 Å². The lowest BCUT2D eigenvalue weighted by molar-refractivity contribution is -0.143. The van der Waals surface area contributed by atoms with Crippen molar-refractivity contribution in [3.63, 3.8) is 0 Å². The highest BCUT2D eigenvalue weighted by Crippen LogP contribution is 2.50. The average Bonchev–Trinajstić information content (AvgIpc) is 3.66. The van der Waals surface area contributed by atoms with Crippen LogP contribution in [0.5, 0.6) is 17.2 Å². The molecule has 0 aromatic heterocycles. The minimum absolute atomic E-state index is 0.0441. The number of carboxylic acids is 1. The molecule has 3 atom stereocenters. The number of fused-ring (bicyclic) bond motifs is 1. The molecular formula is C36H44N2O7. The molecule has 0 radical (unpaired) electrons. The van der Waals surface area contributed by atoms with Crippen molar-refractivity contribution in [2.24, 2.45) is 5.92 Å². The van der Waals surface area contributed by atoms with E-state index in [0.29, 0.717) is 30.4 Å². The highest BCUT2D eigenvalue weighted by molar-refractivity contribution is 5.94.